The van der Waals surface area contributed by atoms with E-state index in [1.807, 2.05) is 0 Å². The van der Waals surface area contributed by atoms with Crippen molar-refractivity contribution in [1.82, 2.24) is 5.32 Å². The second-order valence-corrected chi connectivity index (χ2v) is 5.27. The molecule has 1 aromatic carbocycles. The van der Waals surface area contributed by atoms with Crippen LogP contribution >= 0.6 is 11.3 Å². The zero-order valence-electron chi connectivity index (χ0n) is 12.5. The lowest BCUT2D eigenvalue weighted by atomic mass is 10.2. The van der Waals surface area contributed by atoms with Crippen molar-refractivity contribution in [2.24, 2.45) is 0 Å². The van der Waals surface area contributed by atoms with Gasteiger partial charge in [-0.05, 0) is 23.6 Å². The molecular formula is C15H14F2N2O4S. The number of alkyl halides is 2. The van der Waals surface area contributed by atoms with E-state index in [0.29, 0.717) is 5.56 Å². The molecule has 2 amide bonds. The van der Waals surface area contributed by atoms with Gasteiger partial charge in [0.15, 0.2) is 11.5 Å². The first-order valence-electron chi connectivity index (χ1n) is 6.72. The topological polar surface area (TPSA) is 76.7 Å². The van der Waals surface area contributed by atoms with Crippen molar-refractivity contribution in [3.63, 3.8) is 0 Å². The van der Waals surface area contributed by atoms with Crippen molar-refractivity contribution < 1.29 is 27.8 Å². The van der Waals surface area contributed by atoms with Crippen molar-refractivity contribution in [3.8, 4) is 11.5 Å². The van der Waals surface area contributed by atoms with Gasteiger partial charge in [-0.2, -0.15) is 20.1 Å². The molecule has 0 radical (unpaired) electrons. The minimum atomic E-state index is -3.02. The van der Waals surface area contributed by atoms with Crippen LogP contribution in [-0.2, 0) is 4.79 Å². The average molecular weight is 356 g/mol. The van der Waals surface area contributed by atoms with Gasteiger partial charge in [0.25, 0.3) is 5.91 Å². The number of nitrogens with one attached hydrogen (secondary N) is 2. The Morgan fingerprint density at radius 2 is 2.04 bits per heavy atom. The standard InChI is InChI=1S/C15H14F2N2O4S/c1-22-11-3-2-10(6-12(11)23-15(16)17)19-13(20)7-18-14(21)9-4-5-24-8-9/h2-6,8,15H,7H2,1H3,(H,18,21)(H,19,20). The predicted octanol–water partition coefficient (Wildman–Crippen LogP) is 2.73. The fourth-order valence-corrected chi connectivity index (χ4v) is 2.44. The van der Waals surface area contributed by atoms with Crippen molar-refractivity contribution in [1.29, 1.82) is 0 Å². The maximum Gasteiger partial charge on any atom is 0.387 e. The summed E-state index contributed by atoms with van der Waals surface area (Å²) in [6.07, 6.45) is 0. The number of anilines is 1. The highest BCUT2D eigenvalue weighted by molar-refractivity contribution is 7.08. The fourth-order valence-electron chi connectivity index (χ4n) is 1.80. The van der Waals surface area contributed by atoms with Crippen LogP contribution < -0.4 is 20.1 Å². The van der Waals surface area contributed by atoms with Gasteiger partial charge in [0.2, 0.25) is 5.91 Å². The second kappa shape index (κ2) is 8.25. The molecule has 2 aromatic rings. The van der Waals surface area contributed by atoms with E-state index in [0.717, 1.165) is 0 Å². The molecule has 24 heavy (non-hydrogen) atoms. The normalized spacial score (nSPS) is 10.3. The maximum absolute atomic E-state index is 12.4. The minimum absolute atomic E-state index is 0.110. The molecule has 9 heteroatoms. The van der Waals surface area contributed by atoms with E-state index in [-0.39, 0.29) is 29.6 Å². The number of benzene rings is 1. The number of methoxy groups -OCH3 is 1. The van der Waals surface area contributed by atoms with Crippen LogP contribution in [0.4, 0.5) is 14.5 Å². The molecule has 0 saturated carbocycles. The van der Waals surface area contributed by atoms with Crippen LogP contribution in [0.5, 0.6) is 11.5 Å². The summed E-state index contributed by atoms with van der Waals surface area (Å²) in [6.45, 7) is -3.28. The monoisotopic (exact) mass is 356 g/mol. The van der Waals surface area contributed by atoms with Gasteiger partial charge < -0.3 is 20.1 Å². The second-order valence-electron chi connectivity index (χ2n) is 4.49. The summed E-state index contributed by atoms with van der Waals surface area (Å²) in [5, 5.41) is 8.33. The first-order chi connectivity index (χ1) is 11.5. The zero-order chi connectivity index (χ0) is 17.5. The highest BCUT2D eigenvalue weighted by atomic mass is 32.1. The third-order valence-corrected chi connectivity index (χ3v) is 3.54. The van der Waals surface area contributed by atoms with Gasteiger partial charge in [-0.15, -0.1) is 0 Å². The summed E-state index contributed by atoms with van der Waals surface area (Å²) < 4.78 is 34.0. The molecule has 0 aliphatic carbocycles. The van der Waals surface area contributed by atoms with Crippen LogP contribution in [0.15, 0.2) is 35.0 Å². The van der Waals surface area contributed by atoms with Crippen molar-refractivity contribution in [2.75, 3.05) is 19.0 Å². The number of carbonyl (C=O) groups is 2. The molecule has 128 valence electrons. The Bertz CT molecular complexity index is 708. The summed E-state index contributed by atoms with van der Waals surface area (Å²) in [6, 6.07) is 5.70. The highest BCUT2D eigenvalue weighted by Gasteiger charge is 2.13. The molecule has 0 atom stereocenters. The van der Waals surface area contributed by atoms with E-state index in [4.69, 9.17) is 4.74 Å². The smallest absolute Gasteiger partial charge is 0.387 e. The summed E-state index contributed by atoms with van der Waals surface area (Å²) in [5.41, 5.74) is 0.700. The number of hydrogen-bond donors (Lipinski definition) is 2. The summed E-state index contributed by atoms with van der Waals surface area (Å²) in [5.74, 6) is -0.971. The molecule has 1 heterocycles. The number of carbonyl (C=O) groups excluding carboxylic acids is 2. The number of ether oxygens (including phenoxy) is 2. The third kappa shape index (κ3) is 4.92. The van der Waals surface area contributed by atoms with Crippen molar-refractivity contribution in [3.05, 3.63) is 40.6 Å². The van der Waals surface area contributed by atoms with Gasteiger partial charge >= 0.3 is 6.61 Å². The van der Waals surface area contributed by atoms with Gasteiger partial charge in [0, 0.05) is 22.7 Å². The van der Waals surface area contributed by atoms with Crippen molar-refractivity contribution >= 4 is 28.8 Å². The average Bonchev–Trinajstić information content (AvgIpc) is 3.07. The van der Waals surface area contributed by atoms with Gasteiger partial charge in [-0.3, -0.25) is 9.59 Å². The molecule has 2 rings (SSSR count). The Hall–Kier alpha value is -2.68. The molecular weight excluding hydrogens is 342 g/mol. The number of rotatable bonds is 7. The Morgan fingerprint density at radius 1 is 1.25 bits per heavy atom. The third-order valence-electron chi connectivity index (χ3n) is 2.86. The highest BCUT2D eigenvalue weighted by Crippen LogP contribution is 2.31. The molecule has 0 unspecified atom stereocenters. The van der Waals surface area contributed by atoms with Gasteiger partial charge in [-0.25, -0.2) is 0 Å². The van der Waals surface area contributed by atoms with Gasteiger partial charge in [0.05, 0.1) is 13.7 Å². The quantitative estimate of drug-likeness (QED) is 0.800. The summed E-state index contributed by atoms with van der Waals surface area (Å²) in [4.78, 5) is 23.5. The molecule has 0 fully saturated rings. The SMILES string of the molecule is COc1ccc(NC(=O)CNC(=O)c2ccsc2)cc1OC(F)F. The Labute approximate surface area is 140 Å². The Morgan fingerprint density at radius 3 is 2.67 bits per heavy atom. The van der Waals surface area contributed by atoms with E-state index in [1.165, 1.54) is 36.6 Å². The predicted molar refractivity (Wildman–Crippen MR) is 84.9 cm³/mol. The number of halogens is 2. The number of thiophene rings is 1. The first kappa shape index (κ1) is 17.7. The lowest BCUT2D eigenvalue weighted by Gasteiger charge is -2.12. The number of hydrogen-bond acceptors (Lipinski definition) is 5. The lowest BCUT2D eigenvalue weighted by molar-refractivity contribution is -0.115. The molecule has 0 aliphatic heterocycles. The van der Waals surface area contributed by atoms with E-state index in [9.17, 15) is 18.4 Å². The van der Waals surface area contributed by atoms with Crippen LogP contribution in [0.2, 0.25) is 0 Å². The molecule has 2 N–H and O–H groups in total. The lowest BCUT2D eigenvalue weighted by Crippen LogP contribution is -2.32. The minimum Gasteiger partial charge on any atom is -0.493 e. The number of amides is 2. The van der Waals surface area contributed by atoms with Crippen molar-refractivity contribution in [2.45, 2.75) is 6.61 Å². The van der Waals surface area contributed by atoms with Gasteiger partial charge in [-0.1, -0.05) is 0 Å². The molecule has 1 aromatic heterocycles. The first-order valence-corrected chi connectivity index (χ1v) is 7.67. The van der Waals surface area contributed by atoms with Crippen LogP contribution in [0.25, 0.3) is 0 Å². The van der Waals surface area contributed by atoms with Crippen LogP contribution in [-0.4, -0.2) is 32.1 Å². The van der Waals surface area contributed by atoms with E-state index in [1.54, 1.807) is 16.8 Å². The molecule has 0 bridgehead atoms. The Kier molecular flexibility index (Phi) is 6.07. The van der Waals surface area contributed by atoms with Gasteiger partial charge in [0.1, 0.15) is 0 Å². The van der Waals surface area contributed by atoms with Crippen LogP contribution in [0.3, 0.4) is 0 Å². The molecule has 0 saturated heterocycles. The Balaban J connectivity index is 1.94. The molecule has 0 aliphatic rings. The maximum atomic E-state index is 12.4. The largest absolute Gasteiger partial charge is 0.493 e. The van der Waals surface area contributed by atoms with E-state index in [2.05, 4.69) is 15.4 Å². The fraction of sp³-hybridized carbons (Fsp3) is 0.200. The summed E-state index contributed by atoms with van der Waals surface area (Å²) >= 11 is 1.37. The van der Waals surface area contributed by atoms with Crippen LogP contribution in [0, 0.1) is 0 Å². The zero-order valence-corrected chi connectivity index (χ0v) is 13.4. The van der Waals surface area contributed by atoms with Crippen LogP contribution in [0.1, 0.15) is 10.4 Å². The molecule has 0 spiro atoms. The summed E-state index contributed by atoms with van der Waals surface area (Å²) in [7, 11) is 1.31. The van der Waals surface area contributed by atoms with E-state index < -0.39 is 12.5 Å². The van der Waals surface area contributed by atoms with E-state index >= 15 is 0 Å². The molecule has 6 nitrogen and oxygen atoms in total.